The first-order valence-corrected chi connectivity index (χ1v) is 11.2. The largest absolute Gasteiger partial charge is 0.351 e. The number of alkyl halides is 4. The van der Waals surface area contributed by atoms with Gasteiger partial charge < -0.3 is 5.32 Å². The highest BCUT2D eigenvalue weighted by molar-refractivity contribution is 6.32. The van der Waals surface area contributed by atoms with Crippen LogP contribution in [0.3, 0.4) is 0 Å². The predicted molar refractivity (Wildman–Crippen MR) is 116 cm³/mol. The second-order valence-corrected chi connectivity index (χ2v) is 9.49. The maximum absolute atomic E-state index is 15.0. The number of benzene rings is 1. The van der Waals surface area contributed by atoms with Crippen LogP contribution in [0.25, 0.3) is 0 Å². The van der Waals surface area contributed by atoms with Crippen molar-refractivity contribution in [2.75, 3.05) is 4.90 Å². The van der Waals surface area contributed by atoms with Gasteiger partial charge in [0.05, 0.1) is 5.69 Å². The zero-order valence-corrected chi connectivity index (χ0v) is 19.2. The van der Waals surface area contributed by atoms with Crippen molar-refractivity contribution in [3.8, 4) is 0 Å². The van der Waals surface area contributed by atoms with E-state index in [0.717, 1.165) is 6.07 Å². The van der Waals surface area contributed by atoms with E-state index in [1.54, 1.807) is 6.92 Å². The Balaban J connectivity index is 1.78. The highest BCUT2D eigenvalue weighted by Gasteiger charge is 2.58. The number of nitrogens with one attached hydrogen (secondary N) is 1. The Morgan fingerprint density at radius 1 is 1.26 bits per heavy atom. The van der Waals surface area contributed by atoms with E-state index in [1.807, 2.05) is 0 Å². The topological polar surface area (TPSA) is 75.2 Å². The Kier molecular flexibility index (Phi) is 6.30. The molecule has 0 spiro atoms. The first-order chi connectivity index (χ1) is 15.9. The van der Waals surface area contributed by atoms with Crippen LogP contribution in [0, 0.1) is 24.6 Å². The minimum absolute atomic E-state index is 0.0617. The molecule has 0 aliphatic heterocycles. The molecule has 6 nitrogen and oxygen atoms in total. The van der Waals surface area contributed by atoms with Gasteiger partial charge in [-0.05, 0) is 50.3 Å². The third kappa shape index (κ3) is 4.12. The molecule has 2 unspecified atom stereocenters. The van der Waals surface area contributed by atoms with Gasteiger partial charge >= 0.3 is 0 Å². The summed E-state index contributed by atoms with van der Waals surface area (Å²) in [4.78, 5) is 35.2. The molecule has 2 saturated carbocycles. The molecule has 2 bridgehead atoms. The molecule has 2 aliphatic carbocycles. The molecule has 182 valence electrons. The minimum Gasteiger partial charge on any atom is -0.351 e. The lowest BCUT2D eigenvalue weighted by atomic mass is 9.87. The van der Waals surface area contributed by atoms with E-state index in [2.05, 4.69) is 15.3 Å². The molecular formula is C23H23ClF4N4O2. The number of halogens is 5. The zero-order valence-electron chi connectivity index (χ0n) is 18.4. The number of fused-ring (bicyclic) bond motifs is 2. The van der Waals surface area contributed by atoms with Crippen molar-refractivity contribution in [1.29, 1.82) is 0 Å². The molecule has 2 fully saturated rings. The van der Waals surface area contributed by atoms with Crippen LogP contribution in [-0.4, -0.2) is 39.4 Å². The van der Waals surface area contributed by atoms with E-state index in [4.69, 9.17) is 11.6 Å². The summed E-state index contributed by atoms with van der Waals surface area (Å²) in [6.45, 7) is 2.92. The van der Waals surface area contributed by atoms with E-state index in [0.29, 0.717) is 10.5 Å². The molecule has 11 heteroatoms. The molecule has 2 amide bonds. The molecule has 4 rings (SSSR count). The van der Waals surface area contributed by atoms with Gasteiger partial charge in [-0.3, -0.25) is 14.5 Å². The van der Waals surface area contributed by atoms with Crippen molar-refractivity contribution < 1.29 is 27.2 Å². The minimum atomic E-state index is -2.78. The fourth-order valence-corrected chi connectivity index (χ4v) is 5.18. The number of hydrogen-bond donors (Lipinski definition) is 1. The summed E-state index contributed by atoms with van der Waals surface area (Å²) in [5, 5.41) is 2.75. The van der Waals surface area contributed by atoms with Crippen molar-refractivity contribution in [3.05, 3.63) is 53.9 Å². The number of rotatable bonds is 6. The second kappa shape index (κ2) is 8.79. The van der Waals surface area contributed by atoms with Crippen molar-refractivity contribution in [1.82, 2.24) is 15.3 Å². The molecule has 0 saturated heterocycles. The lowest BCUT2D eigenvalue weighted by molar-refractivity contribution is -0.132. The molecule has 2 aromatic rings. The average Bonchev–Trinajstić information content (AvgIpc) is 3.31. The normalized spacial score (nSPS) is 25.4. The van der Waals surface area contributed by atoms with Crippen LogP contribution in [0.1, 0.15) is 37.3 Å². The summed E-state index contributed by atoms with van der Waals surface area (Å²) < 4.78 is 57.2. The van der Waals surface area contributed by atoms with Crippen LogP contribution in [0.4, 0.5) is 23.2 Å². The van der Waals surface area contributed by atoms with Gasteiger partial charge in [0, 0.05) is 36.3 Å². The molecule has 2 aliphatic rings. The highest BCUT2D eigenvalue weighted by Crippen LogP contribution is 2.53. The first kappa shape index (κ1) is 24.4. The van der Waals surface area contributed by atoms with Gasteiger partial charge in [-0.2, -0.15) is 0 Å². The number of anilines is 1. The molecule has 34 heavy (non-hydrogen) atoms. The van der Waals surface area contributed by atoms with Gasteiger partial charge in [0.25, 0.3) is 23.4 Å². The number of nitrogens with zero attached hydrogens (tertiary/aromatic N) is 3. The molecular weight excluding hydrogens is 476 g/mol. The quantitative estimate of drug-likeness (QED) is 0.477. The van der Waals surface area contributed by atoms with Crippen LogP contribution < -0.4 is 10.2 Å². The summed E-state index contributed by atoms with van der Waals surface area (Å²) in [6.07, 6.45) is 3.67. The van der Waals surface area contributed by atoms with Gasteiger partial charge in [-0.1, -0.05) is 17.7 Å². The van der Waals surface area contributed by atoms with E-state index < -0.39 is 52.6 Å². The maximum atomic E-state index is 15.0. The van der Waals surface area contributed by atoms with Crippen LogP contribution in [-0.2, 0) is 15.1 Å². The summed E-state index contributed by atoms with van der Waals surface area (Å²) in [6, 6.07) is 3.31. The van der Waals surface area contributed by atoms with Crippen LogP contribution in [0.2, 0.25) is 0 Å². The fraction of sp³-hybridized carbons (Fsp3) is 0.478. The first-order valence-electron chi connectivity index (χ1n) is 10.8. The molecule has 0 radical (unpaired) electrons. The third-order valence-electron chi connectivity index (χ3n) is 6.91. The summed E-state index contributed by atoms with van der Waals surface area (Å²) >= 11 is 5.48. The van der Waals surface area contributed by atoms with Crippen molar-refractivity contribution in [2.24, 2.45) is 11.8 Å². The standard InChI is InChI=1S/C23H23ClF4N4O2/c1-12-3-4-18(16(25)5-12)32(20(33)19(24)26)22(2,15-9-29-11-30-10-15)21(34)31-17-7-14-6-13(17)8-23(14,27)28/h3-5,9-11,13-14,17,19H,6-8H2,1-2H3,(H,31,34)/t13?,14?,17-,19-,22+/m0/s1. The monoisotopic (exact) mass is 498 g/mol. The Hall–Kier alpha value is -2.75. The van der Waals surface area contributed by atoms with Gasteiger partial charge in [0.1, 0.15) is 12.1 Å². The Morgan fingerprint density at radius 2 is 1.94 bits per heavy atom. The van der Waals surface area contributed by atoms with E-state index in [1.165, 1.54) is 37.8 Å². The van der Waals surface area contributed by atoms with Crippen LogP contribution in [0.15, 0.2) is 36.9 Å². The number of hydrogen-bond acceptors (Lipinski definition) is 4. The SMILES string of the molecule is Cc1ccc(N(C(=O)[C@H](F)Cl)[C@@](C)(C(=O)N[C@H]2CC3CC2CC3(F)F)c2cncnc2)c(F)c1. The van der Waals surface area contributed by atoms with Crippen molar-refractivity contribution in [2.45, 2.75) is 56.2 Å². The summed E-state index contributed by atoms with van der Waals surface area (Å²) in [5.41, 5.74) is -4.41. The van der Waals surface area contributed by atoms with Gasteiger partial charge in [0.2, 0.25) is 0 Å². The van der Waals surface area contributed by atoms with Crippen LogP contribution in [0.5, 0.6) is 0 Å². The highest BCUT2D eigenvalue weighted by atomic mass is 35.5. The summed E-state index contributed by atoms with van der Waals surface area (Å²) in [5.74, 6) is -7.13. The molecule has 1 N–H and O–H groups in total. The summed E-state index contributed by atoms with van der Waals surface area (Å²) in [7, 11) is 0. The fourth-order valence-electron chi connectivity index (χ4n) is 5.08. The van der Waals surface area contributed by atoms with Gasteiger partial charge in [-0.15, -0.1) is 0 Å². The van der Waals surface area contributed by atoms with E-state index in [9.17, 15) is 22.8 Å². The van der Waals surface area contributed by atoms with Gasteiger partial charge in [0.15, 0.2) is 5.54 Å². The smallest absolute Gasteiger partial charge is 0.278 e. The lowest BCUT2D eigenvalue weighted by Gasteiger charge is -2.41. The molecule has 5 atom stereocenters. The molecule has 1 aromatic carbocycles. The zero-order chi connectivity index (χ0) is 24.8. The van der Waals surface area contributed by atoms with Gasteiger partial charge in [-0.25, -0.2) is 27.5 Å². The molecule has 1 aromatic heterocycles. The van der Waals surface area contributed by atoms with Crippen molar-refractivity contribution >= 4 is 29.1 Å². The number of amides is 2. The Morgan fingerprint density at radius 3 is 2.47 bits per heavy atom. The predicted octanol–water partition coefficient (Wildman–Crippen LogP) is 4.26. The van der Waals surface area contributed by atoms with Crippen molar-refractivity contribution in [3.63, 3.8) is 0 Å². The average molecular weight is 499 g/mol. The van der Waals surface area contributed by atoms with E-state index >= 15 is 4.39 Å². The second-order valence-electron chi connectivity index (χ2n) is 9.10. The Bertz CT molecular complexity index is 1100. The van der Waals surface area contributed by atoms with Crippen LogP contribution >= 0.6 is 11.6 Å². The Labute approximate surface area is 198 Å². The third-order valence-corrected chi connectivity index (χ3v) is 7.09. The number of aromatic nitrogens is 2. The van der Waals surface area contributed by atoms with E-state index in [-0.39, 0.29) is 30.5 Å². The number of carbonyl (C=O) groups excluding carboxylic acids is 2. The molecule has 1 heterocycles. The lowest BCUT2D eigenvalue weighted by Crippen LogP contribution is -2.60. The number of aryl methyl sites for hydroxylation is 1. The maximum Gasteiger partial charge on any atom is 0.278 e. The number of carbonyl (C=O) groups is 2.